The zero-order valence-electron chi connectivity index (χ0n) is 19.7. The average molecular weight is 457 g/mol. The fourth-order valence-corrected chi connectivity index (χ4v) is 4.46. The number of aryl methyl sites for hydroxylation is 1. The number of para-hydroxylation sites is 3. The number of methoxy groups -OCH3 is 1. The Morgan fingerprint density at radius 2 is 1.74 bits per heavy atom. The van der Waals surface area contributed by atoms with E-state index in [1.54, 1.807) is 7.11 Å². The van der Waals surface area contributed by atoms with Crippen molar-refractivity contribution in [3.8, 4) is 11.5 Å². The fourth-order valence-electron chi connectivity index (χ4n) is 4.46. The van der Waals surface area contributed by atoms with Gasteiger partial charge < -0.3 is 14.0 Å². The van der Waals surface area contributed by atoms with E-state index in [-0.39, 0.29) is 5.97 Å². The number of nitrogens with zero attached hydrogens (tertiary/aromatic N) is 4. The minimum Gasteiger partial charge on any atom is -0.496 e. The van der Waals surface area contributed by atoms with Crippen molar-refractivity contribution in [2.75, 3.05) is 7.11 Å². The van der Waals surface area contributed by atoms with Gasteiger partial charge in [0.15, 0.2) is 11.4 Å². The van der Waals surface area contributed by atoms with Gasteiger partial charge in [-0.2, -0.15) is 0 Å². The van der Waals surface area contributed by atoms with Crippen LogP contribution in [0.3, 0.4) is 0 Å². The standard InChI is InChI=1S/C27H28N4O3/c1-4-10-23-29-26-25(27-28-19-13-7-8-14-20(19)31(23)27)22(34-24(32)11-5-2)17-30(26)16-18-12-6-9-15-21(18)33-3/h6-9,12-15,17H,4-5,10-11,16H2,1-3H3. The molecular weight excluding hydrogens is 428 g/mol. The topological polar surface area (TPSA) is 70.7 Å². The lowest BCUT2D eigenvalue weighted by atomic mass is 10.2. The van der Waals surface area contributed by atoms with Crippen molar-refractivity contribution in [1.82, 2.24) is 18.9 Å². The second kappa shape index (κ2) is 9.17. The second-order valence-corrected chi connectivity index (χ2v) is 8.39. The van der Waals surface area contributed by atoms with Crippen LogP contribution in [-0.2, 0) is 17.8 Å². The first-order valence-electron chi connectivity index (χ1n) is 11.8. The van der Waals surface area contributed by atoms with Crippen LogP contribution in [0.1, 0.15) is 44.5 Å². The summed E-state index contributed by atoms with van der Waals surface area (Å²) in [5.74, 6) is 1.96. The number of carbonyl (C=O) groups is 1. The van der Waals surface area contributed by atoms with E-state index >= 15 is 0 Å². The molecule has 0 aliphatic rings. The number of benzene rings is 2. The van der Waals surface area contributed by atoms with Crippen LogP contribution in [-0.4, -0.2) is 32.0 Å². The van der Waals surface area contributed by atoms with Crippen molar-refractivity contribution >= 4 is 33.7 Å². The van der Waals surface area contributed by atoms with E-state index in [2.05, 4.69) is 17.4 Å². The highest BCUT2D eigenvalue weighted by atomic mass is 16.5. The molecule has 5 rings (SSSR count). The first kappa shape index (κ1) is 21.9. The quantitative estimate of drug-likeness (QED) is 0.286. The van der Waals surface area contributed by atoms with Gasteiger partial charge in [-0.1, -0.05) is 44.2 Å². The Morgan fingerprint density at radius 1 is 0.941 bits per heavy atom. The van der Waals surface area contributed by atoms with E-state index in [4.69, 9.17) is 19.4 Å². The largest absolute Gasteiger partial charge is 0.496 e. The molecular formula is C27H28N4O3. The van der Waals surface area contributed by atoms with Gasteiger partial charge in [-0.3, -0.25) is 9.20 Å². The maximum Gasteiger partial charge on any atom is 0.311 e. The summed E-state index contributed by atoms with van der Waals surface area (Å²) >= 11 is 0. The molecule has 3 heterocycles. The Bertz CT molecular complexity index is 1500. The summed E-state index contributed by atoms with van der Waals surface area (Å²) in [5.41, 5.74) is 4.40. The summed E-state index contributed by atoms with van der Waals surface area (Å²) in [4.78, 5) is 22.5. The van der Waals surface area contributed by atoms with Crippen molar-refractivity contribution in [1.29, 1.82) is 0 Å². The predicted molar refractivity (Wildman–Crippen MR) is 133 cm³/mol. The number of hydrogen-bond donors (Lipinski definition) is 0. The molecule has 0 amide bonds. The zero-order valence-corrected chi connectivity index (χ0v) is 19.7. The number of imidazole rings is 1. The van der Waals surface area contributed by atoms with Gasteiger partial charge in [-0.25, -0.2) is 9.97 Å². The van der Waals surface area contributed by atoms with Crippen LogP contribution in [0.4, 0.5) is 0 Å². The molecule has 2 aromatic carbocycles. The van der Waals surface area contributed by atoms with Crippen molar-refractivity contribution in [3.05, 3.63) is 66.1 Å². The number of aromatic nitrogens is 4. The lowest BCUT2D eigenvalue weighted by Gasteiger charge is -2.11. The molecule has 3 aromatic heterocycles. The minimum absolute atomic E-state index is 0.259. The van der Waals surface area contributed by atoms with Crippen LogP contribution in [0.15, 0.2) is 54.7 Å². The molecule has 7 heteroatoms. The molecule has 0 radical (unpaired) electrons. The normalized spacial score (nSPS) is 11.5. The summed E-state index contributed by atoms with van der Waals surface area (Å²) in [6.45, 7) is 4.63. The summed E-state index contributed by atoms with van der Waals surface area (Å²) < 4.78 is 15.6. The molecule has 0 spiro atoms. The van der Waals surface area contributed by atoms with Crippen molar-refractivity contribution in [2.24, 2.45) is 0 Å². The van der Waals surface area contributed by atoms with E-state index in [0.717, 1.165) is 64.1 Å². The Labute approximate surface area is 198 Å². The monoisotopic (exact) mass is 456 g/mol. The number of carbonyl (C=O) groups excluding carboxylic acids is 1. The van der Waals surface area contributed by atoms with Crippen molar-refractivity contribution in [3.63, 3.8) is 0 Å². The molecule has 0 aliphatic heterocycles. The molecule has 0 bridgehead atoms. The number of ether oxygens (including phenoxy) is 2. The molecule has 5 aromatic rings. The highest BCUT2D eigenvalue weighted by Crippen LogP contribution is 2.35. The number of fused-ring (bicyclic) bond motifs is 5. The van der Waals surface area contributed by atoms with Crippen LogP contribution in [0.25, 0.3) is 27.7 Å². The Hall–Kier alpha value is -3.87. The number of hydrogen-bond acceptors (Lipinski definition) is 5. The molecule has 34 heavy (non-hydrogen) atoms. The molecule has 0 N–H and O–H groups in total. The third-order valence-electron chi connectivity index (χ3n) is 5.98. The van der Waals surface area contributed by atoms with E-state index in [9.17, 15) is 4.79 Å². The molecule has 0 atom stereocenters. The van der Waals surface area contributed by atoms with Crippen LogP contribution >= 0.6 is 0 Å². The molecule has 0 saturated carbocycles. The SMILES string of the molecule is CCCC(=O)Oc1cn(Cc2ccccc2OC)c2nc(CCC)n3c4ccccc4nc3c12. The fraction of sp³-hybridized carbons (Fsp3) is 0.296. The van der Waals surface area contributed by atoms with Gasteiger partial charge in [0.2, 0.25) is 0 Å². The second-order valence-electron chi connectivity index (χ2n) is 8.39. The molecule has 0 fully saturated rings. The van der Waals surface area contributed by atoms with E-state index in [1.807, 2.05) is 60.2 Å². The lowest BCUT2D eigenvalue weighted by molar-refractivity contribution is -0.134. The Kier molecular flexibility index (Phi) is 5.92. The van der Waals surface area contributed by atoms with E-state index in [1.165, 1.54) is 0 Å². The number of rotatable bonds is 8. The van der Waals surface area contributed by atoms with Crippen LogP contribution in [0.5, 0.6) is 11.5 Å². The predicted octanol–water partition coefficient (Wildman–Crippen LogP) is 5.55. The first-order valence-corrected chi connectivity index (χ1v) is 11.8. The van der Waals surface area contributed by atoms with Gasteiger partial charge in [-0.05, 0) is 31.0 Å². The lowest BCUT2D eigenvalue weighted by Crippen LogP contribution is -2.07. The summed E-state index contributed by atoms with van der Waals surface area (Å²) in [7, 11) is 1.67. The number of esters is 1. The Morgan fingerprint density at radius 3 is 2.53 bits per heavy atom. The average Bonchev–Trinajstić information content (AvgIpc) is 3.38. The highest BCUT2D eigenvalue weighted by Gasteiger charge is 2.22. The zero-order chi connectivity index (χ0) is 23.7. The van der Waals surface area contributed by atoms with Gasteiger partial charge in [0, 0.05) is 24.6 Å². The minimum atomic E-state index is -0.259. The van der Waals surface area contributed by atoms with E-state index in [0.29, 0.717) is 18.7 Å². The maximum atomic E-state index is 12.5. The summed E-state index contributed by atoms with van der Waals surface area (Å²) in [6, 6.07) is 15.9. The van der Waals surface area contributed by atoms with Crippen molar-refractivity contribution < 1.29 is 14.3 Å². The summed E-state index contributed by atoms with van der Waals surface area (Å²) in [6.07, 6.45) is 4.70. The molecule has 174 valence electrons. The summed E-state index contributed by atoms with van der Waals surface area (Å²) in [5, 5.41) is 0.746. The van der Waals surface area contributed by atoms with Crippen LogP contribution in [0.2, 0.25) is 0 Å². The first-order chi connectivity index (χ1) is 16.6. The van der Waals surface area contributed by atoms with Crippen molar-refractivity contribution in [2.45, 2.75) is 46.1 Å². The van der Waals surface area contributed by atoms with Gasteiger partial charge >= 0.3 is 5.97 Å². The smallest absolute Gasteiger partial charge is 0.311 e. The van der Waals surface area contributed by atoms with Gasteiger partial charge in [0.1, 0.15) is 22.6 Å². The third-order valence-corrected chi connectivity index (χ3v) is 5.98. The van der Waals surface area contributed by atoms with Crippen LogP contribution < -0.4 is 9.47 Å². The van der Waals surface area contributed by atoms with Crippen LogP contribution in [0, 0.1) is 0 Å². The Balaban J connectivity index is 1.79. The highest BCUT2D eigenvalue weighted by molar-refractivity contribution is 6.01. The molecule has 0 unspecified atom stereocenters. The maximum absolute atomic E-state index is 12.5. The molecule has 0 saturated heterocycles. The molecule has 7 nitrogen and oxygen atoms in total. The van der Waals surface area contributed by atoms with Gasteiger partial charge in [0.05, 0.1) is 24.7 Å². The van der Waals surface area contributed by atoms with E-state index < -0.39 is 0 Å². The molecule has 0 aliphatic carbocycles. The third kappa shape index (κ3) is 3.77. The van der Waals surface area contributed by atoms with Gasteiger partial charge in [0.25, 0.3) is 0 Å². The van der Waals surface area contributed by atoms with Gasteiger partial charge in [-0.15, -0.1) is 0 Å².